The van der Waals surface area contributed by atoms with Crippen molar-refractivity contribution < 1.29 is 0 Å². The van der Waals surface area contributed by atoms with E-state index in [0.717, 1.165) is 48.4 Å². The Hall–Kier alpha value is -3.57. The van der Waals surface area contributed by atoms with Crippen LogP contribution in [0.25, 0.3) is 49.9 Å². The number of hydrogen-bond donors (Lipinski definition) is 0. The first kappa shape index (κ1) is 17.3. The summed E-state index contributed by atoms with van der Waals surface area (Å²) in [5.41, 5.74) is 4.99. The van der Waals surface area contributed by atoms with E-state index in [2.05, 4.69) is 61.9 Å². The minimum absolute atomic E-state index is 0.650. The second-order valence-electron chi connectivity index (χ2n) is 7.15. The minimum atomic E-state index is 0.650. The van der Waals surface area contributed by atoms with E-state index >= 15 is 0 Å². The Morgan fingerprint density at radius 3 is 2.43 bits per heavy atom. The summed E-state index contributed by atoms with van der Waals surface area (Å²) in [6.07, 6.45) is 3.72. The van der Waals surface area contributed by atoms with Crippen LogP contribution in [0.15, 0.2) is 95.7 Å². The molecule has 3 aromatic heterocycles. The van der Waals surface area contributed by atoms with Gasteiger partial charge in [0.25, 0.3) is 0 Å². The fourth-order valence-corrected chi connectivity index (χ4v) is 4.38. The lowest BCUT2D eigenvalue weighted by molar-refractivity contribution is 1.01. The first-order chi connectivity index (χ1) is 14.8. The lowest BCUT2D eigenvalue weighted by Gasteiger charge is -2.11. The van der Waals surface area contributed by atoms with Gasteiger partial charge in [0, 0.05) is 38.6 Å². The van der Waals surface area contributed by atoms with Gasteiger partial charge in [0.1, 0.15) is 0 Å². The molecule has 0 unspecified atom stereocenters. The summed E-state index contributed by atoms with van der Waals surface area (Å²) in [6.45, 7) is 0. The Morgan fingerprint density at radius 1 is 0.700 bits per heavy atom. The lowest BCUT2D eigenvalue weighted by Crippen LogP contribution is -2.03. The molecule has 4 nitrogen and oxygen atoms in total. The first-order valence-electron chi connectivity index (χ1n) is 9.66. The minimum Gasteiger partial charge on any atom is -0.278 e. The molecule has 0 aliphatic carbocycles. The summed E-state index contributed by atoms with van der Waals surface area (Å²) < 4.78 is 3.13. The molecule has 3 aromatic carbocycles. The molecule has 0 radical (unpaired) electrons. The fourth-order valence-electron chi connectivity index (χ4n) is 4.03. The quantitative estimate of drug-likeness (QED) is 0.300. The molecule has 0 spiro atoms. The molecular formula is C25H15BrN4. The van der Waals surface area contributed by atoms with Crippen molar-refractivity contribution in [2.75, 3.05) is 0 Å². The largest absolute Gasteiger partial charge is 0.278 e. The first-order valence-corrected chi connectivity index (χ1v) is 10.5. The van der Waals surface area contributed by atoms with Gasteiger partial charge in [0.05, 0.1) is 22.2 Å². The number of halogens is 1. The zero-order valence-corrected chi connectivity index (χ0v) is 17.4. The SMILES string of the molecule is Brc1ccc2c3cnccc3n(-c3nc(-c4ccccc4)c4ccccc4n3)c2c1. The number of para-hydroxylation sites is 1. The number of hydrogen-bond acceptors (Lipinski definition) is 3. The maximum absolute atomic E-state index is 5.06. The zero-order valence-electron chi connectivity index (χ0n) is 15.8. The van der Waals surface area contributed by atoms with Gasteiger partial charge in [-0.2, -0.15) is 0 Å². The lowest BCUT2D eigenvalue weighted by atomic mass is 10.1. The number of aromatic nitrogens is 4. The molecule has 5 heteroatoms. The Bertz CT molecular complexity index is 1550. The third kappa shape index (κ3) is 2.63. The average molecular weight is 451 g/mol. The third-order valence-corrected chi connectivity index (χ3v) is 5.86. The summed E-state index contributed by atoms with van der Waals surface area (Å²) in [5, 5.41) is 3.24. The van der Waals surface area contributed by atoms with Crippen LogP contribution >= 0.6 is 15.9 Å². The van der Waals surface area contributed by atoms with E-state index in [9.17, 15) is 0 Å². The van der Waals surface area contributed by atoms with E-state index in [1.54, 1.807) is 0 Å². The topological polar surface area (TPSA) is 43.6 Å². The predicted octanol–water partition coefficient (Wildman–Crippen LogP) is 6.55. The van der Waals surface area contributed by atoms with Crippen molar-refractivity contribution in [3.63, 3.8) is 0 Å². The normalized spacial score (nSPS) is 11.5. The summed E-state index contributed by atoms with van der Waals surface area (Å²) in [7, 11) is 0. The Morgan fingerprint density at radius 2 is 1.53 bits per heavy atom. The summed E-state index contributed by atoms with van der Waals surface area (Å²) >= 11 is 3.62. The highest BCUT2D eigenvalue weighted by molar-refractivity contribution is 9.10. The van der Waals surface area contributed by atoms with Crippen molar-refractivity contribution in [3.05, 3.63) is 95.7 Å². The monoisotopic (exact) mass is 450 g/mol. The molecule has 30 heavy (non-hydrogen) atoms. The van der Waals surface area contributed by atoms with Gasteiger partial charge in [-0.15, -0.1) is 0 Å². The van der Waals surface area contributed by atoms with Gasteiger partial charge in [0.2, 0.25) is 5.95 Å². The number of fused-ring (bicyclic) bond motifs is 4. The zero-order chi connectivity index (χ0) is 20.1. The number of pyridine rings is 1. The van der Waals surface area contributed by atoms with Gasteiger partial charge in [-0.3, -0.25) is 9.55 Å². The maximum atomic E-state index is 5.06. The summed E-state index contributed by atoms with van der Waals surface area (Å²) in [6, 6.07) is 26.7. The standard InChI is InChI=1S/C25H15BrN4/c26-17-10-11-18-20-15-27-13-12-22(20)30(23(18)14-17)25-28-21-9-5-4-8-19(21)24(29-25)16-6-2-1-3-7-16/h1-15H. The fraction of sp³-hybridized carbons (Fsp3) is 0. The molecule has 0 saturated heterocycles. The van der Waals surface area contributed by atoms with E-state index in [1.165, 1.54) is 0 Å². The van der Waals surface area contributed by atoms with Crippen LogP contribution in [0.4, 0.5) is 0 Å². The third-order valence-electron chi connectivity index (χ3n) is 5.37. The Labute approximate surface area is 181 Å². The Balaban J connectivity index is 1.76. The van der Waals surface area contributed by atoms with E-state index < -0.39 is 0 Å². The molecule has 0 atom stereocenters. The Kier molecular flexibility index (Phi) is 3.89. The van der Waals surface area contributed by atoms with Crippen LogP contribution in [0.2, 0.25) is 0 Å². The van der Waals surface area contributed by atoms with Gasteiger partial charge in [-0.05, 0) is 24.3 Å². The van der Waals surface area contributed by atoms with E-state index in [0.29, 0.717) is 5.95 Å². The number of nitrogens with zero attached hydrogens (tertiary/aromatic N) is 4. The van der Waals surface area contributed by atoms with Gasteiger partial charge in [-0.25, -0.2) is 9.97 Å². The van der Waals surface area contributed by atoms with E-state index in [1.807, 2.05) is 54.9 Å². The molecule has 0 saturated carbocycles. The van der Waals surface area contributed by atoms with Crippen LogP contribution in [0.3, 0.4) is 0 Å². The van der Waals surface area contributed by atoms with Crippen LogP contribution in [0.5, 0.6) is 0 Å². The molecule has 0 N–H and O–H groups in total. The van der Waals surface area contributed by atoms with Crippen molar-refractivity contribution >= 4 is 48.6 Å². The average Bonchev–Trinajstić information content (AvgIpc) is 3.12. The van der Waals surface area contributed by atoms with Crippen LogP contribution in [-0.2, 0) is 0 Å². The summed E-state index contributed by atoms with van der Waals surface area (Å²) in [4.78, 5) is 14.4. The van der Waals surface area contributed by atoms with Gasteiger partial charge >= 0.3 is 0 Å². The van der Waals surface area contributed by atoms with Crippen LogP contribution in [-0.4, -0.2) is 19.5 Å². The molecule has 0 fully saturated rings. The van der Waals surface area contributed by atoms with Crippen molar-refractivity contribution in [1.82, 2.24) is 19.5 Å². The molecule has 3 heterocycles. The van der Waals surface area contributed by atoms with Gasteiger partial charge in [-0.1, -0.05) is 70.5 Å². The smallest absolute Gasteiger partial charge is 0.235 e. The number of rotatable bonds is 2. The van der Waals surface area contributed by atoms with Crippen LogP contribution < -0.4 is 0 Å². The molecular weight excluding hydrogens is 436 g/mol. The van der Waals surface area contributed by atoms with Crippen molar-refractivity contribution in [2.24, 2.45) is 0 Å². The highest BCUT2D eigenvalue weighted by atomic mass is 79.9. The van der Waals surface area contributed by atoms with Crippen molar-refractivity contribution in [2.45, 2.75) is 0 Å². The van der Waals surface area contributed by atoms with Gasteiger partial charge in [0.15, 0.2) is 0 Å². The molecule has 6 rings (SSSR count). The second-order valence-corrected chi connectivity index (χ2v) is 8.06. The van der Waals surface area contributed by atoms with Gasteiger partial charge < -0.3 is 0 Å². The van der Waals surface area contributed by atoms with Crippen molar-refractivity contribution in [3.8, 4) is 17.2 Å². The molecule has 0 amide bonds. The highest BCUT2D eigenvalue weighted by Gasteiger charge is 2.17. The molecule has 0 aliphatic heterocycles. The predicted molar refractivity (Wildman–Crippen MR) is 125 cm³/mol. The maximum Gasteiger partial charge on any atom is 0.235 e. The molecule has 142 valence electrons. The number of benzene rings is 3. The van der Waals surface area contributed by atoms with E-state index in [4.69, 9.17) is 9.97 Å². The molecule has 0 aliphatic rings. The highest BCUT2D eigenvalue weighted by Crippen LogP contribution is 2.34. The van der Waals surface area contributed by atoms with Crippen LogP contribution in [0.1, 0.15) is 0 Å². The molecule has 6 aromatic rings. The molecule has 0 bridgehead atoms. The van der Waals surface area contributed by atoms with Crippen LogP contribution in [0, 0.1) is 0 Å². The second kappa shape index (κ2) is 6.75. The van der Waals surface area contributed by atoms with Crippen molar-refractivity contribution in [1.29, 1.82) is 0 Å². The summed E-state index contributed by atoms with van der Waals surface area (Å²) in [5.74, 6) is 0.650. The van der Waals surface area contributed by atoms with E-state index in [-0.39, 0.29) is 0 Å².